The van der Waals surface area contributed by atoms with Crippen LogP contribution in [0, 0.1) is 6.92 Å². The van der Waals surface area contributed by atoms with Gasteiger partial charge in [0.05, 0.1) is 37.9 Å². The molecule has 0 saturated carbocycles. The molecule has 0 aromatic carbocycles. The number of aryl methyl sites for hydroxylation is 2. The average molecular weight is 343 g/mol. The molecule has 2 aliphatic heterocycles. The lowest BCUT2D eigenvalue weighted by Crippen LogP contribution is -2.67. The zero-order chi connectivity index (χ0) is 17.4. The maximum atomic E-state index is 12.4. The summed E-state index contributed by atoms with van der Waals surface area (Å²) >= 11 is 0. The van der Waals surface area contributed by atoms with Crippen LogP contribution in [0.3, 0.4) is 0 Å². The van der Waals surface area contributed by atoms with Crippen LogP contribution in [0.4, 0.5) is 0 Å². The van der Waals surface area contributed by atoms with Crippen molar-refractivity contribution in [3.8, 4) is 5.88 Å². The van der Waals surface area contributed by atoms with E-state index in [-0.39, 0.29) is 17.6 Å². The first-order chi connectivity index (χ1) is 12.0. The number of carbonyl (C=O) groups excluding carboxylic acids is 1. The number of nitrogens with zero attached hydrogens (tertiary/aromatic N) is 5. The summed E-state index contributed by atoms with van der Waals surface area (Å²) < 4.78 is 13.7. The number of ether oxygens (including phenoxy) is 2. The third-order valence-electron chi connectivity index (χ3n) is 4.64. The van der Waals surface area contributed by atoms with Crippen LogP contribution in [-0.4, -0.2) is 61.7 Å². The maximum Gasteiger partial charge on any atom is 0.274 e. The molecule has 1 amide bonds. The van der Waals surface area contributed by atoms with Crippen molar-refractivity contribution in [3.05, 3.63) is 36.3 Å². The predicted octanol–water partition coefficient (Wildman–Crippen LogP) is 0.971. The van der Waals surface area contributed by atoms with Crippen molar-refractivity contribution in [1.82, 2.24) is 24.4 Å². The van der Waals surface area contributed by atoms with Gasteiger partial charge in [0.2, 0.25) is 5.88 Å². The molecular weight excluding hydrogens is 322 g/mol. The van der Waals surface area contributed by atoms with E-state index in [1.54, 1.807) is 34.4 Å². The highest BCUT2D eigenvalue weighted by Crippen LogP contribution is 2.36. The number of carbonyl (C=O) groups is 1. The van der Waals surface area contributed by atoms with Gasteiger partial charge in [-0.05, 0) is 6.92 Å². The second kappa shape index (κ2) is 6.11. The first-order valence-electron chi connectivity index (χ1n) is 8.40. The fourth-order valence-electron chi connectivity index (χ4n) is 3.45. The lowest BCUT2D eigenvalue weighted by molar-refractivity contribution is -0.174. The smallest absolute Gasteiger partial charge is 0.274 e. The Bertz CT molecular complexity index is 784. The number of hydrogen-bond donors (Lipinski definition) is 0. The highest BCUT2D eigenvalue weighted by Gasteiger charge is 2.50. The number of likely N-dealkylation sites (tertiary alicyclic amines) is 1. The second-order valence-electron chi connectivity index (χ2n) is 6.85. The molecule has 0 aliphatic carbocycles. The van der Waals surface area contributed by atoms with Gasteiger partial charge in [-0.3, -0.25) is 9.78 Å². The van der Waals surface area contributed by atoms with Gasteiger partial charge in [0, 0.05) is 32.3 Å². The number of aromatic nitrogens is 4. The second-order valence-corrected chi connectivity index (χ2v) is 6.85. The molecule has 1 spiro atoms. The third kappa shape index (κ3) is 3.21. The Morgan fingerprint density at radius 1 is 1.40 bits per heavy atom. The van der Waals surface area contributed by atoms with E-state index in [4.69, 9.17) is 9.47 Å². The monoisotopic (exact) mass is 343 g/mol. The van der Waals surface area contributed by atoms with Gasteiger partial charge >= 0.3 is 0 Å². The quantitative estimate of drug-likeness (QED) is 0.826. The summed E-state index contributed by atoms with van der Waals surface area (Å²) in [5.74, 6) is 0.491. The molecule has 2 aromatic heterocycles. The highest BCUT2D eigenvalue weighted by molar-refractivity contribution is 5.92. The largest absolute Gasteiger partial charge is 0.473 e. The summed E-state index contributed by atoms with van der Waals surface area (Å²) in [5.41, 5.74) is 0.982. The van der Waals surface area contributed by atoms with Gasteiger partial charge < -0.3 is 18.9 Å². The first-order valence-corrected chi connectivity index (χ1v) is 8.40. The van der Waals surface area contributed by atoms with Crippen LogP contribution in [0.2, 0.25) is 0 Å². The molecule has 0 bridgehead atoms. The Hall–Kier alpha value is -2.48. The number of imidazole rings is 1. The number of amides is 1. The minimum atomic E-state index is -0.315. The highest BCUT2D eigenvalue weighted by atomic mass is 16.5. The van der Waals surface area contributed by atoms with Crippen LogP contribution in [-0.2, 0) is 11.8 Å². The van der Waals surface area contributed by atoms with Gasteiger partial charge in [0.1, 0.15) is 17.4 Å². The molecule has 2 aromatic rings. The van der Waals surface area contributed by atoms with Crippen LogP contribution in [0.25, 0.3) is 0 Å². The average Bonchev–Trinajstić information content (AvgIpc) is 2.99. The lowest BCUT2D eigenvalue weighted by Gasteiger charge is -2.52. The zero-order valence-electron chi connectivity index (χ0n) is 14.4. The van der Waals surface area contributed by atoms with E-state index in [0.29, 0.717) is 31.3 Å². The molecule has 0 radical (unpaired) electrons. The molecule has 2 fully saturated rings. The molecule has 2 aliphatic rings. The van der Waals surface area contributed by atoms with Crippen LogP contribution in [0.1, 0.15) is 29.0 Å². The third-order valence-corrected chi connectivity index (χ3v) is 4.64. The Balaban J connectivity index is 1.37. The van der Waals surface area contributed by atoms with E-state index in [9.17, 15) is 4.79 Å². The van der Waals surface area contributed by atoms with Gasteiger partial charge in [0.25, 0.3) is 5.91 Å². The Morgan fingerprint density at radius 2 is 2.24 bits per heavy atom. The molecule has 4 heterocycles. The van der Waals surface area contributed by atoms with Crippen molar-refractivity contribution < 1.29 is 14.3 Å². The van der Waals surface area contributed by atoms with E-state index in [1.807, 2.05) is 14.0 Å². The summed E-state index contributed by atoms with van der Waals surface area (Å²) in [6.07, 6.45) is 8.28. The molecule has 8 heteroatoms. The van der Waals surface area contributed by atoms with E-state index in [1.165, 1.54) is 0 Å². The van der Waals surface area contributed by atoms with E-state index in [0.717, 1.165) is 18.5 Å². The zero-order valence-corrected chi connectivity index (χ0v) is 14.4. The molecule has 132 valence electrons. The standard InChI is InChI=1S/C17H21N5O3/c1-12-6-18-7-15(20-12)25-13-3-4-24-17(5-13)9-22(10-17)16(23)14-8-21(2)11-19-14/h6-8,11,13H,3-5,9-10H2,1-2H3/t13-/m1/s1. The van der Waals surface area contributed by atoms with Crippen molar-refractivity contribution >= 4 is 5.91 Å². The molecular formula is C17H21N5O3. The summed E-state index contributed by atoms with van der Waals surface area (Å²) in [5, 5.41) is 0. The Labute approximate surface area is 145 Å². The van der Waals surface area contributed by atoms with Crippen LogP contribution < -0.4 is 4.74 Å². The molecule has 0 N–H and O–H groups in total. The van der Waals surface area contributed by atoms with Crippen molar-refractivity contribution in [3.63, 3.8) is 0 Å². The molecule has 0 unspecified atom stereocenters. The molecule has 25 heavy (non-hydrogen) atoms. The SMILES string of the molecule is Cc1cncc(O[C@@H]2CCOC3(C2)CN(C(=O)c2cn(C)cn2)C3)n1. The fraction of sp³-hybridized carbons (Fsp3) is 0.529. The fourth-order valence-corrected chi connectivity index (χ4v) is 3.45. The number of hydrogen-bond acceptors (Lipinski definition) is 6. The van der Waals surface area contributed by atoms with Crippen molar-refractivity contribution in [2.24, 2.45) is 7.05 Å². The summed E-state index contributed by atoms with van der Waals surface area (Å²) in [6, 6.07) is 0. The van der Waals surface area contributed by atoms with Gasteiger partial charge in [-0.25, -0.2) is 9.97 Å². The summed E-state index contributed by atoms with van der Waals surface area (Å²) in [7, 11) is 1.85. The normalized spacial score (nSPS) is 21.8. The summed E-state index contributed by atoms with van der Waals surface area (Å²) in [4.78, 5) is 26.8. The minimum Gasteiger partial charge on any atom is -0.473 e. The van der Waals surface area contributed by atoms with Gasteiger partial charge in [-0.15, -0.1) is 0 Å². The molecule has 2 saturated heterocycles. The minimum absolute atomic E-state index is 0.0250. The molecule has 4 rings (SSSR count). The van der Waals surface area contributed by atoms with Crippen LogP contribution in [0.15, 0.2) is 24.9 Å². The number of rotatable bonds is 3. The van der Waals surface area contributed by atoms with E-state index < -0.39 is 0 Å². The summed E-state index contributed by atoms with van der Waals surface area (Å²) in [6.45, 7) is 3.65. The predicted molar refractivity (Wildman–Crippen MR) is 88.2 cm³/mol. The van der Waals surface area contributed by atoms with Crippen molar-refractivity contribution in [1.29, 1.82) is 0 Å². The van der Waals surface area contributed by atoms with Gasteiger partial charge in [0.15, 0.2) is 0 Å². The van der Waals surface area contributed by atoms with Crippen LogP contribution in [0.5, 0.6) is 5.88 Å². The molecule has 8 nitrogen and oxygen atoms in total. The lowest BCUT2D eigenvalue weighted by atomic mass is 9.84. The van der Waals surface area contributed by atoms with E-state index in [2.05, 4.69) is 15.0 Å². The topological polar surface area (TPSA) is 82.4 Å². The Morgan fingerprint density at radius 3 is 2.96 bits per heavy atom. The van der Waals surface area contributed by atoms with Crippen molar-refractivity contribution in [2.75, 3.05) is 19.7 Å². The maximum absolute atomic E-state index is 12.4. The first kappa shape index (κ1) is 16.0. The van der Waals surface area contributed by atoms with Gasteiger partial charge in [-0.1, -0.05) is 0 Å². The van der Waals surface area contributed by atoms with Crippen LogP contribution >= 0.6 is 0 Å². The Kier molecular flexibility index (Phi) is 3.91. The van der Waals surface area contributed by atoms with Crippen molar-refractivity contribution in [2.45, 2.75) is 31.5 Å². The van der Waals surface area contributed by atoms with Gasteiger partial charge in [-0.2, -0.15) is 0 Å². The molecule has 1 atom stereocenters. The van der Waals surface area contributed by atoms with E-state index >= 15 is 0 Å².